The van der Waals surface area contributed by atoms with Crippen LogP contribution in [-0.2, 0) is 9.84 Å². The number of nitrogens with two attached hydrogens (primary N) is 2. The van der Waals surface area contributed by atoms with Crippen molar-refractivity contribution in [2.75, 3.05) is 5.88 Å². The maximum atomic E-state index is 11.4. The molecule has 1 aromatic carbocycles. The third-order valence-corrected chi connectivity index (χ3v) is 3.17. The van der Waals surface area contributed by atoms with Crippen molar-refractivity contribution >= 4 is 15.7 Å². The van der Waals surface area contributed by atoms with Crippen molar-refractivity contribution in [2.45, 2.75) is 4.90 Å². The minimum Gasteiger partial charge on any atom is -0.366 e. The molecule has 1 amide bonds. The molecule has 14 heavy (non-hydrogen) atoms. The van der Waals surface area contributed by atoms with E-state index in [9.17, 15) is 13.2 Å². The first-order valence-corrected chi connectivity index (χ1v) is 5.46. The van der Waals surface area contributed by atoms with E-state index < -0.39 is 21.6 Å². The first kappa shape index (κ1) is 10.7. The molecule has 0 saturated heterocycles. The number of benzene rings is 1. The van der Waals surface area contributed by atoms with Crippen LogP contribution in [0.3, 0.4) is 0 Å². The molecule has 0 unspecified atom stereocenters. The number of carbonyl (C=O) groups is 1. The molecule has 0 aliphatic heterocycles. The predicted octanol–water partition coefficient (Wildman–Crippen LogP) is -0.525. The second-order valence-electron chi connectivity index (χ2n) is 2.64. The predicted molar refractivity (Wildman–Crippen MR) is 51.2 cm³/mol. The van der Waals surface area contributed by atoms with Crippen molar-refractivity contribution in [3.8, 4) is 0 Å². The Balaban J connectivity index is 3.42. The molecule has 5 nitrogen and oxygen atoms in total. The van der Waals surface area contributed by atoms with Crippen LogP contribution in [0.5, 0.6) is 0 Å². The van der Waals surface area contributed by atoms with E-state index in [1.54, 1.807) is 0 Å². The summed E-state index contributed by atoms with van der Waals surface area (Å²) in [4.78, 5) is 10.8. The van der Waals surface area contributed by atoms with Gasteiger partial charge in [0.05, 0.1) is 10.5 Å². The summed E-state index contributed by atoms with van der Waals surface area (Å²) in [7, 11) is -3.60. The Morgan fingerprint density at radius 1 is 1.29 bits per heavy atom. The second kappa shape index (κ2) is 3.77. The van der Waals surface area contributed by atoms with Crippen molar-refractivity contribution in [1.82, 2.24) is 0 Å². The molecule has 6 heteroatoms. The molecule has 0 aromatic heterocycles. The van der Waals surface area contributed by atoms with E-state index >= 15 is 0 Å². The average Bonchev–Trinajstić information content (AvgIpc) is 2.18. The van der Waals surface area contributed by atoms with Crippen LogP contribution >= 0.6 is 0 Å². The molecular weight excluding hydrogens is 204 g/mol. The number of sulfone groups is 1. The van der Waals surface area contributed by atoms with Gasteiger partial charge < -0.3 is 11.5 Å². The minimum absolute atomic E-state index is 0.0297. The van der Waals surface area contributed by atoms with Gasteiger partial charge in [0, 0.05) is 0 Å². The van der Waals surface area contributed by atoms with E-state index in [2.05, 4.69) is 0 Å². The van der Waals surface area contributed by atoms with Crippen molar-refractivity contribution in [3.05, 3.63) is 29.8 Å². The van der Waals surface area contributed by atoms with Gasteiger partial charge in [0.2, 0.25) is 5.91 Å². The minimum atomic E-state index is -3.60. The van der Waals surface area contributed by atoms with Crippen molar-refractivity contribution in [3.63, 3.8) is 0 Å². The van der Waals surface area contributed by atoms with Crippen molar-refractivity contribution < 1.29 is 13.2 Å². The van der Waals surface area contributed by atoms with Gasteiger partial charge in [-0.2, -0.15) is 0 Å². The van der Waals surface area contributed by atoms with Crippen LogP contribution in [-0.4, -0.2) is 20.2 Å². The summed E-state index contributed by atoms with van der Waals surface area (Å²) in [5, 5.41) is 0. The van der Waals surface area contributed by atoms with Crippen LogP contribution in [0.1, 0.15) is 10.4 Å². The lowest BCUT2D eigenvalue weighted by molar-refractivity contribution is 0.0997. The zero-order chi connectivity index (χ0) is 10.8. The smallest absolute Gasteiger partial charge is 0.250 e. The summed E-state index contributed by atoms with van der Waals surface area (Å²) in [5.41, 5.74) is 10.1. The summed E-state index contributed by atoms with van der Waals surface area (Å²) >= 11 is 0. The first-order chi connectivity index (χ1) is 6.49. The highest BCUT2D eigenvalue weighted by Crippen LogP contribution is 2.15. The van der Waals surface area contributed by atoms with E-state index in [1.807, 2.05) is 0 Å². The number of amides is 1. The fourth-order valence-corrected chi connectivity index (χ4v) is 2.00. The summed E-state index contributed by atoms with van der Waals surface area (Å²) in [6, 6.07) is 5.71. The molecule has 1 aromatic rings. The van der Waals surface area contributed by atoms with Gasteiger partial charge in [-0.1, -0.05) is 12.1 Å². The van der Waals surface area contributed by atoms with Gasteiger partial charge >= 0.3 is 0 Å². The lowest BCUT2D eigenvalue weighted by atomic mass is 10.2. The van der Waals surface area contributed by atoms with Gasteiger partial charge in [0.25, 0.3) is 0 Å². The molecule has 0 atom stereocenters. The molecule has 1 rings (SSSR count). The Kier molecular flexibility index (Phi) is 2.87. The number of carbonyl (C=O) groups excluding carboxylic acids is 1. The van der Waals surface area contributed by atoms with Gasteiger partial charge in [0.15, 0.2) is 9.84 Å². The summed E-state index contributed by atoms with van der Waals surface area (Å²) < 4.78 is 22.8. The highest BCUT2D eigenvalue weighted by Gasteiger charge is 2.18. The standard InChI is InChI=1S/C8H10N2O3S/c9-5-14(12,13)7-4-2-1-3-6(7)8(10)11/h1-4H,5,9H2,(H2,10,11). The average molecular weight is 214 g/mol. The molecule has 0 radical (unpaired) electrons. The van der Waals surface area contributed by atoms with Gasteiger partial charge in [-0.15, -0.1) is 0 Å². The Bertz CT molecular complexity index is 453. The maximum Gasteiger partial charge on any atom is 0.250 e. The molecule has 0 heterocycles. The molecule has 4 N–H and O–H groups in total. The van der Waals surface area contributed by atoms with Gasteiger partial charge in [-0.3, -0.25) is 4.79 Å². The van der Waals surface area contributed by atoms with E-state index in [0.29, 0.717) is 0 Å². The Hall–Kier alpha value is -1.40. The van der Waals surface area contributed by atoms with Crippen LogP contribution in [0.15, 0.2) is 29.2 Å². The van der Waals surface area contributed by atoms with Gasteiger partial charge in [-0.05, 0) is 12.1 Å². The quantitative estimate of drug-likeness (QED) is 0.706. The first-order valence-electron chi connectivity index (χ1n) is 3.80. The molecular formula is C8H10N2O3S. The number of hydrogen-bond acceptors (Lipinski definition) is 4. The van der Waals surface area contributed by atoms with Crippen LogP contribution in [0.25, 0.3) is 0 Å². The molecule has 0 spiro atoms. The zero-order valence-corrected chi connectivity index (χ0v) is 8.12. The largest absolute Gasteiger partial charge is 0.366 e. The van der Waals surface area contributed by atoms with E-state index in [1.165, 1.54) is 24.3 Å². The Labute approximate surface area is 81.6 Å². The van der Waals surface area contributed by atoms with Gasteiger partial charge in [-0.25, -0.2) is 8.42 Å². The van der Waals surface area contributed by atoms with E-state index in [4.69, 9.17) is 11.5 Å². The van der Waals surface area contributed by atoms with Crippen molar-refractivity contribution in [2.24, 2.45) is 11.5 Å². The zero-order valence-electron chi connectivity index (χ0n) is 7.30. The number of rotatable bonds is 3. The lowest BCUT2D eigenvalue weighted by Crippen LogP contribution is -2.20. The lowest BCUT2D eigenvalue weighted by Gasteiger charge is -2.05. The topological polar surface area (TPSA) is 103 Å². The Morgan fingerprint density at radius 3 is 2.36 bits per heavy atom. The Morgan fingerprint density at radius 2 is 1.86 bits per heavy atom. The molecule has 0 saturated carbocycles. The van der Waals surface area contributed by atoms with Crippen molar-refractivity contribution in [1.29, 1.82) is 0 Å². The molecule has 0 bridgehead atoms. The molecule has 76 valence electrons. The summed E-state index contributed by atoms with van der Waals surface area (Å²) in [5.74, 6) is -1.32. The summed E-state index contributed by atoms with van der Waals surface area (Å²) in [6.07, 6.45) is 0. The SMILES string of the molecule is NCS(=O)(=O)c1ccccc1C(N)=O. The summed E-state index contributed by atoms with van der Waals surface area (Å²) in [6.45, 7) is 0. The number of primary amides is 1. The number of hydrogen-bond donors (Lipinski definition) is 2. The maximum absolute atomic E-state index is 11.4. The van der Waals surface area contributed by atoms with Crippen LogP contribution in [0.2, 0.25) is 0 Å². The molecule has 0 aliphatic carbocycles. The molecule has 0 aliphatic rings. The highest BCUT2D eigenvalue weighted by atomic mass is 32.2. The monoisotopic (exact) mass is 214 g/mol. The van der Waals surface area contributed by atoms with E-state index in [-0.39, 0.29) is 10.5 Å². The van der Waals surface area contributed by atoms with Crippen LogP contribution < -0.4 is 11.5 Å². The normalized spacial score (nSPS) is 11.2. The third kappa shape index (κ3) is 1.91. The van der Waals surface area contributed by atoms with Crippen LogP contribution in [0, 0.1) is 0 Å². The third-order valence-electron chi connectivity index (χ3n) is 1.71. The fraction of sp³-hybridized carbons (Fsp3) is 0.125. The highest BCUT2D eigenvalue weighted by molar-refractivity contribution is 7.91. The van der Waals surface area contributed by atoms with Crippen LogP contribution in [0.4, 0.5) is 0 Å². The molecule has 0 fully saturated rings. The second-order valence-corrected chi connectivity index (χ2v) is 4.64. The van der Waals surface area contributed by atoms with Gasteiger partial charge in [0.1, 0.15) is 5.88 Å². The fourth-order valence-electron chi connectivity index (χ4n) is 1.03. The van der Waals surface area contributed by atoms with E-state index in [0.717, 1.165) is 0 Å².